The van der Waals surface area contributed by atoms with Crippen molar-refractivity contribution in [2.24, 2.45) is 0 Å². The number of sulfone groups is 1. The molecule has 45 heavy (non-hydrogen) atoms. The van der Waals surface area contributed by atoms with Gasteiger partial charge in [-0.2, -0.15) is 0 Å². The number of hydrogen-bond acceptors (Lipinski definition) is 9. The fourth-order valence-corrected chi connectivity index (χ4v) is 8.36. The zero-order chi connectivity index (χ0) is 31.6. The van der Waals surface area contributed by atoms with Crippen molar-refractivity contribution in [1.29, 1.82) is 0 Å². The highest BCUT2D eigenvalue weighted by atomic mass is 32.2. The summed E-state index contributed by atoms with van der Waals surface area (Å²) in [6.07, 6.45) is 4.81. The van der Waals surface area contributed by atoms with Crippen molar-refractivity contribution in [3.63, 3.8) is 0 Å². The number of ether oxygens (including phenoxy) is 1. The number of aromatic nitrogens is 1. The van der Waals surface area contributed by atoms with Gasteiger partial charge in [-0.3, -0.25) is 14.5 Å². The van der Waals surface area contributed by atoms with E-state index in [4.69, 9.17) is 4.74 Å². The molecule has 2 aliphatic heterocycles. The Morgan fingerprint density at radius 2 is 1.93 bits per heavy atom. The van der Waals surface area contributed by atoms with Gasteiger partial charge in [0.05, 0.1) is 40.8 Å². The van der Waals surface area contributed by atoms with Crippen molar-refractivity contribution in [3.8, 4) is 16.3 Å². The van der Waals surface area contributed by atoms with Crippen LogP contribution in [0.5, 0.6) is 5.75 Å². The quantitative estimate of drug-likeness (QED) is 0.212. The molecule has 3 aromatic carbocycles. The summed E-state index contributed by atoms with van der Waals surface area (Å²) < 4.78 is 32.6. The highest BCUT2D eigenvalue weighted by Crippen LogP contribution is 2.37. The van der Waals surface area contributed by atoms with Gasteiger partial charge in [-0.05, 0) is 86.8 Å². The number of aliphatic hydroxyl groups excluding tert-OH is 1. The SMILES string of the molecule is Cc1c(C(=O)NCc2cnc(-c3ccc(OCCCN4CCC[C@H]4CO)cc3)s2)ccc2c1NC(=O)c1ccccc1S2(=O)=O. The van der Waals surface area contributed by atoms with E-state index < -0.39 is 21.7 Å². The first-order chi connectivity index (χ1) is 21.8. The van der Waals surface area contributed by atoms with Gasteiger partial charge in [-0.15, -0.1) is 11.3 Å². The Bertz CT molecular complexity index is 1840. The van der Waals surface area contributed by atoms with E-state index in [1.165, 1.54) is 35.6 Å². The van der Waals surface area contributed by atoms with E-state index in [1.807, 2.05) is 24.3 Å². The molecule has 0 unspecified atom stereocenters. The minimum Gasteiger partial charge on any atom is -0.494 e. The fraction of sp³-hybridized carbons (Fsp3) is 0.303. The highest BCUT2D eigenvalue weighted by molar-refractivity contribution is 7.91. The number of hydrogen-bond donors (Lipinski definition) is 3. The number of anilines is 1. The highest BCUT2D eigenvalue weighted by Gasteiger charge is 2.33. The second kappa shape index (κ2) is 13.1. The van der Waals surface area contributed by atoms with Crippen molar-refractivity contribution in [2.45, 2.75) is 48.6 Å². The molecule has 3 heterocycles. The van der Waals surface area contributed by atoms with Crippen molar-refractivity contribution < 1.29 is 27.9 Å². The molecule has 0 radical (unpaired) electrons. The van der Waals surface area contributed by atoms with E-state index in [1.54, 1.807) is 25.3 Å². The first kappa shape index (κ1) is 30.9. The van der Waals surface area contributed by atoms with Gasteiger partial charge >= 0.3 is 0 Å². The molecule has 4 aromatic rings. The smallest absolute Gasteiger partial charge is 0.257 e. The third kappa shape index (κ3) is 6.36. The fourth-order valence-electron chi connectivity index (χ4n) is 5.83. The lowest BCUT2D eigenvalue weighted by Crippen LogP contribution is -2.33. The topological polar surface area (TPSA) is 138 Å². The maximum Gasteiger partial charge on any atom is 0.257 e. The van der Waals surface area contributed by atoms with E-state index >= 15 is 0 Å². The number of thiazole rings is 1. The first-order valence-corrected chi connectivity index (χ1v) is 17.2. The number of likely N-dealkylation sites (tertiary alicyclic amines) is 1. The molecule has 3 N–H and O–H groups in total. The van der Waals surface area contributed by atoms with Crippen molar-refractivity contribution in [2.75, 3.05) is 31.6 Å². The number of fused-ring (bicyclic) bond motifs is 2. The van der Waals surface area contributed by atoms with Crippen LogP contribution < -0.4 is 15.4 Å². The Kier molecular flexibility index (Phi) is 8.99. The molecule has 1 aromatic heterocycles. The molecule has 1 saturated heterocycles. The summed E-state index contributed by atoms with van der Waals surface area (Å²) in [6, 6.07) is 16.9. The lowest BCUT2D eigenvalue weighted by atomic mass is 10.1. The standard InChI is InChI=1S/C33H34N4O6S2/c1-21-26(13-14-29-30(21)36-32(40)27-7-2-3-8-28(27)45(29,41)42)31(39)34-18-25-19-35-33(44-25)22-9-11-24(12-10-22)43-17-5-16-37-15-4-6-23(37)20-38/h2-3,7-14,19,23,38H,4-6,15-18,20H2,1H3,(H,34,39)(H,36,40)/t23-/m0/s1. The lowest BCUT2D eigenvalue weighted by molar-refractivity contribution is 0.0949. The molecule has 1 atom stereocenters. The molecule has 6 rings (SSSR count). The van der Waals surface area contributed by atoms with Crippen LogP contribution in [0.25, 0.3) is 10.6 Å². The third-order valence-electron chi connectivity index (χ3n) is 8.27. The van der Waals surface area contributed by atoms with Crippen LogP contribution >= 0.6 is 11.3 Å². The maximum absolute atomic E-state index is 13.4. The number of aliphatic hydroxyl groups is 1. The summed E-state index contributed by atoms with van der Waals surface area (Å²) in [5.41, 5.74) is 1.75. The maximum atomic E-state index is 13.4. The number of nitrogens with one attached hydrogen (secondary N) is 2. The van der Waals surface area contributed by atoms with E-state index in [0.717, 1.165) is 53.5 Å². The molecular weight excluding hydrogens is 613 g/mol. The second-order valence-electron chi connectivity index (χ2n) is 11.1. The third-order valence-corrected chi connectivity index (χ3v) is 11.2. The van der Waals surface area contributed by atoms with E-state index in [0.29, 0.717) is 12.2 Å². The van der Waals surface area contributed by atoms with E-state index in [9.17, 15) is 23.1 Å². The second-order valence-corrected chi connectivity index (χ2v) is 14.1. The van der Waals surface area contributed by atoms with Gasteiger partial charge in [-0.25, -0.2) is 13.4 Å². The van der Waals surface area contributed by atoms with Gasteiger partial charge in [-0.1, -0.05) is 12.1 Å². The average molecular weight is 647 g/mol. The average Bonchev–Trinajstić information content (AvgIpc) is 3.71. The van der Waals surface area contributed by atoms with Crippen LogP contribution in [0.1, 0.15) is 50.4 Å². The minimum atomic E-state index is -3.97. The Morgan fingerprint density at radius 1 is 1.13 bits per heavy atom. The van der Waals surface area contributed by atoms with Crippen molar-refractivity contribution in [3.05, 3.63) is 88.4 Å². The summed E-state index contributed by atoms with van der Waals surface area (Å²) in [4.78, 5) is 33.6. The summed E-state index contributed by atoms with van der Waals surface area (Å²) in [5, 5.41) is 15.9. The molecule has 10 nitrogen and oxygen atoms in total. The summed E-state index contributed by atoms with van der Waals surface area (Å²) in [6.45, 7) is 4.63. The van der Waals surface area contributed by atoms with Gasteiger partial charge < -0.3 is 20.5 Å². The van der Waals surface area contributed by atoms with Crippen molar-refractivity contribution in [1.82, 2.24) is 15.2 Å². The number of amides is 2. The summed E-state index contributed by atoms with van der Waals surface area (Å²) in [5.74, 6) is -0.150. The number of nitrogens with zero attached hydrogens (tertiary/aromatic N) is 2. The van der Waals surface area contributed by atoms with Crippen LogP contribution in [-0.4, -0.2) is 67.6 Å². The Balaban J connectivity index is 1.06. The predicted octanol–water partition coefficient (Wildman–Crippen LogP) is 4.67. The van der Waals surface area contributed by atoms with Crippen molar-refractivity contribution >= 4 is 38.7 Å². The minimum absolute atomic E-state index is 0.0448. The molecule has 2 aliphatic rings. The van der Waals surface area contributed by atoms with E-state index in [-0.39, 0.29) is 45.8 Å². The molecule has 0 bridgehead atoms. The largest absolute Gasteiger partial charge is 0.494 e. The molecular formula is C33H34N4O6S2. The Morgan fingerprint density at radius 3 is 2.73 bits per heavy atom. The van der Waals surface area contributed by atoms with Crippen LogP contribution in [0.2, 0.25) is 0 Å². The predicted molar refractivity (Wildman–Crippen MR) is 172 cm³/mol. The van der Waals surface area contributed by atoms with Gasteiger partial charge in [0.25, 0.3) is 11.8 Å². The zero-order valence-electron chi connectivity index (χ0n) is 24.8. The number of rotatable bonds is 10. The lowest BCUT2D eigenvalue weighted by Gasteiger charge is -2.22. The van der Waals surface area contributed by atoms with Crippen LogP contribution in [-0.2, 0) is 16.4 Å². The molecule has 12 heteroatoms. The number of carbonyl (C=O) groups excluding carboxylic acids is 2. The van der Waals surface area contributed by atoms with Gasteiger partial charge in [0, 0.05) is 34.8 Å². The van der Waals surface area contributed by atoms with Gasteiger partial charge in [0.1, 0.15) is 10.8 Å². The van der Waals surface area contributed by atoms with Crippen LogP contribution in [0.4, 0.5) is 5.69 Å². The monoisotopic (exact) mass is 646 g/mol. The van der Waals surface area contributed by atoms with Crippen LogP contribution in [0, 0.1) is 6.92 Å². The molecule has 2 amide bonds. The first-order valence-electron chi connectivity index (χ1n) is 14.9. The van der Waals surface area contributed by atoms with Gasteiger partial charge in [0.15, 0.2) is 0 Å². The molecule has 234 valence electrons. The number of benzene rings is 3. The summed E-state index contributed by atoms with van der Waals surface area (Å²) in [7, 11) is -3.97. The molecule has 0 spiro atoms. The molecule has 1 fully saturated rings. The van der Waals surface area contributed by atoms with Crippen LogP contribution in [0.15, 0.2) is 76.7 Å². The zero-order valence-corrected chi connectivity index (χ0v) is 26.4. The van der Waals surface area contributed by atoms with E-state index in [2.05, 4.69) is 20.5 Å². The normalized spacial score (nSPS) is 17.2. The molecule has 0 aliphatic carbocycles. The summed E-state index contributed by atoms with van der Waals surface area (Å²) >= 11 is 1.46. The number of carbonyl (C=O) groups is 2. The molecule has 0 saturated carbocycles. The Labute approximate surface area is 266 Å². The van der Waals surface area contributed by atoms with Gasteiger partial charge in [0.2, 0.25) is 9.84 Å². The van der Waals surface area contributed by atoms with Crippen LogP contribution in [0.3, 0.4) is 0 Å². The Hall–Kier alpha value is -4.10.